The van der Waals surface area contributed by atoms with Crippen molar-refractivity contribution < 1.29 is 349 Å². The Bertz CT molecular complexity index is 3710. The molecule has 6 aromatic rings. The third-order valence-electron chi connectivity index (χ3n) is 10.5. The van der Waals surface area contributed by atoms with Gasteiger partial charge in [0, 0.05) is 22.9 Å². The molecule has 54 nitrogen and oxygen atoms in total. The minimum absolute atomic E-state index is 0. The summed E-state index contributed by atoms with van der Waals surface area (Å²) in [5.41, 5.74) is 5.05. The fourth-order valence-corrected chi connectivity index (χ4v) is 5.32. The number of benzene rings is 6. The van der Waals surface area contributed by atoms with Crippen LogP contribution in [0, 0.1) is 0 Å². The van der Waals surface area contributed by atoms with Crippen LogP contribution in [0.25, 0.3) is 0 Å². The number of phenols is 2. The summed E-state index contributed by atoms with van der Waals surface area (Å²) in [6.45, 7) is 6.96. The second-order valence-corrected chi connectivity index (χ2v) is 17.5. The number of aliphatic carboxylic acids is 6. The molecule has 6 rings (SSSR count). The van der Waals surface area contributed by atoms with Crippen molar-refractivity contribution >= 4 is 106 Å². The monoisotopic (exact) mass is 2010 g/mol. The number of para-hydroxylation sites is 6. The fraction of sp³-hybridized carbons (Fsp3) is 0.100. The van der Waals surface area contributed by atoms with Gasteiger partial charge in [0.15, 0.2) is 0 Å². The molecule has 6 aromatic carbocycles. The summed E-state index contributed by atoms with van der Waals surface area (Å²) in [5, 5.41) is 173. The first-order valence-electron chi connectivity index (χ1n) is 26.0. The van der Waals surface area contributed by atoms with Crippen LogP contribution in [0.4, 0.5) is 0 Å². The average Bonchev–Trinajstić information content (AvgIpc) is 0.911. The molecule has 0 aliphatic rings. The van der Waals surface area contributed by atoms with Gasteiger partial charge in [-0.3, -0.25) is 19.2 Å². The molecule has 118 heavy (non-hydrogen) atoms. The topological polar surface area (TPSA) is 1220 Å². The van der Waals surface area contributed by atoms with Crippen LogP contribution in [0.15, 0.2) is 186 Å². The minimum atomic E-state index is -1.52. The molecule has 0 saturated heterocycles. The van der Waals surface area contributed by atoms with Gasteiger partial charge in [-0.05, 0) is 76.9 Å². The first-order chi connectivity index (χ1) is 45.1. The van der Waals surface area contributed by atoms with E-state index in [9.17, 15) is 119 Å². The molecule has 0 heterocycles. The van der Waals surface area contributed by atoms with E-state index < -0.39 is 106 Å². The van der Waals surface area contributed by atoms with Crippen LogP contribution in [-0.4, -0.2) is 149 Å². The summed E-state index contributed by atoms with van der Waals surface area (Å²) in [7, 11) is 0. The predicted molar refractivity (Wildman–Crippen MR) is 392 cm³/mol. The normalized spacial score (nSPS) is 9.34. The van der Waals surface area contributed by atoms with Gasteiger partial charge in [-0.15, -0.1) is 11.5 Å². The molecule has 0 saturated carbocycles. The molecule has 58 heteroatoms. The van der Waals surface area contributed by atoms with E-state index in [0.29, 0.717) is 0 Å². The molecule has 54 N–H and O–H groups in total. The molecule has 4 amide bonds. The van der Waals surface area contributed by atoms with Crippen LogP contribution in [0.3, 0.4) is 0 Å². The molecule has 0 aromatic heterocycles. The second kappa shape index (κ2) is 88.8. The van der Waals surface area contributed by atoms with Crippen LogP contribution in [0.2, 0.25) is 0 Å². The van der Waals surface area contributed by atoms with Gasteiger partial charge in [0.1, 0.15) is 11.5 Å². The molecule has 0 unspecified atom stereocenters. The average molecular weight is 2010 g/mol. The van der Waals surface area contributed by atoms with Crippen molar-refractivity contribution in [2.75, 3.05) is 0 Å². The molecule has 0 radical (unpaired) electrons. The van der Waals surface area contributed by atoms with E-state index in [2.05, 4.69) is 40.8 Å². The Kier molecular flexibility index (Phi) is 126. The summed E-state index contributed by atoms with van der Waals surface area (Å²) in [5.74, 6) is -16.0. The van der Waals surface area contributed by atoms with Gasteiger partial charge in [-0.2, -0.15) is 40.8 Å². The molecular formula is C60H96N12O42Y4+12. The third kappa shape index (κ3) is 64.6. The van der Waals surface area contributed by atoms with Crippen molar-refractivity contribution in [3.8, 4) is 34.5 Å². The Labute approximate surface area is 765 Å². The number of carboxylic acid groups (broad SMARTS) is 6. The summed E-state index contributed by atoms with van der Waals surface area (Å²) in [4.78, 5) is 107. The first kappa shape index (κ1) is 167. The number of amides is 4. The van der Waals surface area contributed by atoms with Gasteiger partial charge in [0.25, 0.3) is 23.6 Å². The minimum Gasteiger partial charge on any atom is -0.872 e. The molecule has 0 spiro atoms. The Morgan fingerprint density at radius 3 is 0.568 bits per heavy atom. The molecular weight excluding hydrogens is 1920 g/mol. The maximum Gasteiger partial charge on any atom is 3.00 e. The van der Waals surface area contributed by atoms with E-state index in [1.54, 1.807) is 24.3 Å². The molecule has 0 aliphatic carbocycles. The van der Waals surface area contributed by atoms with E-state index >= 15 is 0 Å². The maximum atomic E-state index is 11.4. The van der Waals surface area contributed by atoms with Crippen molar-refractivity contribution in [2.24, 2.45) is 40.8 Å². The van der Waals surface area contributed by atoms with E-state index in [0.717, 1.165) is 13.8 Å². The number of hydrogen-bond donors (Lipinski definition) is 6. The van der Waals surface area contributed by atoms with Gasteiger partial charge in [-0.1, -0.05) is 133 Å². The van der Waals surface area contributed by atoms with Crippen LogP contribution in [0.5, 0.6) is 34.5 Å². The Morgan fingerprint density at radius 1 is 0.246 bits per heavy atom. The second-order valence-electron chi connectivity index (χ2n) is 17.5. The smallest absolute Gasteiger partial charge is 0.872 e. The summed E-state index contributed by atoms with van der Waals surface area (Å²) in [6.07, 6.45) is 0. The number of carbonyl (C=O) groups is 10. The van der Waals surface area contributed by atoms with Crippen molar-refractivity contribution in [3.05, 3.63) is 179 Å². The third-order valence-corrected chi connectivity index (χ3v) is 10.5. The van der Waals surface area contributed by atoms with E-state index in [-0.39, 0.29) is 297 Å². The summed E-state index contributed by atoms with van der Waals surface area (Å²) >= 11 is 0. The van der Waals surface area contributed by atoms with Crippen molar-refractivity contribution in [2.45, 2.75) is 41.5 Å². The number of nitrogens with zero attached hydrogens (tertiary/aromatic N) is 8. The zero-order chi connectivity index (χ0) is 72.8. The number of hydrogen-bond acceptors (Lipinski definition) is 32. The zero-order valence-corrected chi connectivity index (χ0v) is 73.9. The van der Waals surface area contributed by atoms with E-state index in [1.165, 1.54) is 149 Å². The number of hydrazone groups is 4. The predicted octanol–water partition coefficient (Wildman–Crippen LogP) is -24.3. The van der Waals surface area contributed by atoms with Gasteiger partial charge < -0.3 is 199 Å². The number of nitrogens with one attached hydrogen (secondary N) is 4. The Morgan fingerprint density at radius 2 is 0.398 bits per heavy atom. The maximum absolute atomic E-state index is 11.4. The fourth-order valence-electron chi connectivity index (χ4n) is 5.32. The zero-order valence-electron chi connectivity index (χ0n) is 62.5. The standard InChI is InChI=1S/6C10H10N2O4.18H2O.4Y/c6*1-6(10(15)16)11-12-9(14)7-4-2-3-5-8(7)13;;;;;;;;;;;;;;;;;;;;;;/h6*2-5,13H,1H3,(H,12,14)(H,15,16);18*1H2;;;;/q;;;;;;;;;;;;;;;;;;;;;;;;4*+3/b6*11-6+;;;;;;;;;;;;;;;;;;;;;;. The Hall–Kier alpha value is -10.5. The quantitative estimate of drug-likeness (QED) is 0.0201. The number of phenolic OH excluding ortho intramolecular Hbond substituents is 2. The van der Waals surface area contributed by atoms with Gasteiger partial charge in [0.2, 0.25) is 0 Å². The molecule has 648 valence electrons. The Balaban J connectivity index is -0.0000000452. The van der Waals surface area contributed by atoms with Gasteiger partial charge in [-0.25, -0.2) is 21.7 Å². The number of carbonyl (C=O) groups excluding carboxylic acids is 10. The van der Waals surface area contributed by atoms with Crippen LogP contribution in [0.1, 0.15) is 94.1 Å². The van der Waals surface area contributed by atoms with E-state index in [1.807, 2.05) is 21.7 Å². The largest absolute Gasteiger partial charge is 3.00 e. The number of aromatic hydroxyl groups is 2. The first-order valence-corrected chi connectivity index (χ1v) is 26.0. The van der Waals surface area contributed by atoms with Crippen LogP contribution >= 0.6 is 0 Å². The van der Waals surface area contributed by atoms with Gasteiger partial charge >= 0.3 is 131 Å². The van der Waals surface area contributed by atoms with Crippen LogP contribution in [-0.2, 0) is 225 Å². The molecule has 0 fully saturated rings. The number of rotatable bonds is 18. The molecule has 0 atom stereocenters. The SMILES string of the molecule is C/C(=N\N=C(/[O-])c1ccccc1[O-])C(=O)[O-].C/C(=N\N=C(/[O-])c1ccccc1[O-])C(=O)[O-].C/C(=N\NC(=O)c1ccccc1O)C(=O)[O-].C/C(=N\NC(=O)c1ccccc1O)C(=O)[O-].C/C(=N\NC(=O)c1ccccc1[O-])C(=O)[O-].C/C(=N\NC(=O)c1ccccc1[O-])C(=O)[O-].O.O.O.O.O.O.[OH3+].[OH3+].[OH3+].[OH3+].[OH3+].[OH3+].[OH3+].[OH3+].[OH3+].[OH3+].[OH3+].[OH3+].[Y+3].[Y+3].[Y+3].[Y+3]. The molecule has 0 aliphatic heterocycles. The van der Waals surface area contributed by atoms with Crippen molar-refractivity contribution in [1.82, 2.24) is 21.7 Å². The van der Waals surface area contributed by atoms with Crippen molar-refractivity contribution in [3.63, 3.8) is 0 Å². The summed E-state index contributed by atoms with van der Waals surface area (Å²) < 4.78 is 0. The van der Waals surface area contributed by atoms with Crippen molar-refractivity contribution in [1.29, 1.82) is 0 Å². The van der Waals surface area contributed by atoms with E-state index in [4.69, 9.17) is 0 Å². The number of carboxylic acids is 6. The summed E-state index contributed by atoms with van der Waals surface area (Å²) in [6, 6.07) is 33.8. The van der Waals surface area contributed by atoms with Gasteiger partial charge in [0.05, 0.1) is 81.2 Å². The molecule has 0 bridgehead atoms. The van der Waals surface area contributed by atoms with Crippen LogP contribution < -0.4 is 83.0 Å².